The van der Waals surface area contributed by atoms with E-state index in [4.69, 9.17) is 9.15 Å². The highest BCUT2D eigenvalue weighted by Gasteiger charge is 2.19. The average Bonchev–Trinajstić information content (AvgIpc) is 2.96. The number of aromatic nitrogens is 1. The van der Waals surface area contributed by atoms with Crippen LogP contribution in [0.3, 0.4) is 0 Å². The van der Waals surface area contributed by atoms with Crippen LogP contribution in [0.25, 0.3) is 11.1 Å². The molecule has 0 spiro atoms. The van der Waals surface area contributed by atoms with Crippen LogP contribution in [0.5, 0.6) is 6.08 Å². The average molecular weight is 318 g/mol. The summed E-state index contributed by atoms with van der Waals surface area (Å²) < 4.78 is 15.1. The molecular weight excluding hydrogens is 300 g/mol. The zero-order chi connectivity index (χ0) is 16.1. The molecule has 122 valence electrons. The van der Waals surface area contributed by atoms with E-state index in [2.05, 4.69) is 15.0 Å². The van der Waals surface area contributed by atoms with E-state index in [0.717, 1.165) is 25.7 Å². The molecule has 1 N–H and O–H groups in total. The van der Waals surface area contributed by atoms with Crippen LogP contribution in [-0.2, 0) is 9.53 Å². The molecule has 1 fully saturated rings. The number of benzene rings is 1. The Labute approximate surface area is 133 Å². The zero-order valence-corrected chi connectivity index (χ0v) is 12.6. The van der Waals surface area contributed by atoms with Crippen LogP contribution in [-0.4, -0.2) is 29.7 Å². The van der Waals surface area contributed by atoms with Gasteiger partial charge in [0.05, 0.1) is 0 Å². The molecule has 0 aliphatic heterocycles. The monoisotopic (exact) mass is 318 g/mol. The van der Waals surface area contributed by atoms with Crippen molar-refractivity contribution in [1.82, 2.24) is 10.3 Å². The third-order valence-electron chi connectivity index (χ3n) is 3.72. The summed E-state index contributed by atoms with van der Waals surface area (Å²) in [5.74, 6) is -0.791. The van der Waals surface area contributed by atoms with Crippen molar-refractivity contribution >= 4 is 23.2 Å². The number of carbonyl (C=O) groups is 2. The van der Waals surface area contributed by atoms with Crippen LogP contribution in [0.15, 0.2) is 28.7 Å². The number of fused-ring (bicyclic) bond motifs is 1. The number of alkyl carbamates (subject to hydrolysis) is 1. The normalized spacial score (nSPS) is 15.3. The van der Waals surface area contributed by atoms with Crippen molar-refractivity contribution in [2.75, 3.05) is 6.61 Å². The number of esters is 1. The van der Waals surface area contributed by atoms with Gasteiger partial charge in [-0.15, -0.1) is 0 Å². The molecule has 0 atom stereocenters. The molecule has 1 aromatic carbocycles. The number of amides is 1. The topological polar surface area (TPSA) is 90.7 Å². The predicted molar refractivity (Wildman–Crippen MR) is 81.0 cm³/mol. The van der Waals surface area contributed by atoms with Gasteiger partial charge in [-0.2, -0.15) is 4.98 Å². The van der Waals surface area contributed by atoms with Gasteiger partial charge in [-0.05, 0) is 25.0 Å². The maximum absolute atomic E-state index is 11.6. The van der Waals surface area contributed by atoms with Gasteiger partial charge in [0.2, 0.25) is 0 Å². The molecule has 1 aliphatic rings. The Morgan fingerprint density at radius 1 is 1.22 bits per heavy atom. The minimum Gasteiger partial charge on any atom is -0.438 e. The number of nitrogens with one attached hydrogen (secondary N) is 1. The third kappa shape index (κ3) is 4.21. The SMILES string of the molecule is O=C(COc1nc2ccccc2o1)OC(=O)NC1CCCCC1. The molecule has 7 nitrogen and oxygen atoms in total. The molecule has 1 aromatic heterocycles. The van der Waals surface area contributed by atoms with Crippen LogP contribution in [0.4, 0.5) is 4.79 Å². The lowest BCUT2D eigenvalue weighted by molar-refractivity contribution is -0.140. The Morgan fingerprint density at radius 3 is 2.78 bits per heavy atom. The van der Waals surface area contributed by atoms with E-state index in [9.17, 15) is 9.59 Å². The van der Waals surface area contributed by atoms with Gasteiger partial charge < -0.3 is 19.2 Å². The maximum Gasteiger partial charge on any atom is 0.415 e. The summed E-state index contributed by atoms with van der Waals surface area (Å²) in [6.45, 7) is -0.440. The summed E-state index contributed by atoms with van der Waals surface area (Å²) in [7, 11) is 0. The number of ether oxygens (including phenoxy) is 2. The molecule has 23 heavy (non-hydrogen) atoms. The van der Waals surface area contributed by atoms with E-state index in [1.54, 1.807) is 18.2 Å². The first kappa shape index (κ1) is 15.3. The van der Waals surface area contributed by atoms with Crippen molar-refractivity contribution in [2.24, 2.45) is 0 Å². The maximum atomic E-state index is 11.6. The molecule has 0 unspecified atom stereocenters. The molecule has 1 aliphatic carbocycles. The molecule has 7 heteroatoms. The summed E-state index contributed by atoms with van der Waals surface area (Å²) in [5, 5.41) is 2.69. The quantitative estimate of drug-likeness (QED) is 0.688. The Morgan fingerprint density at radius 2 is 2.00 bits per heavy atom. The lowest BCUT2D eigenvalue weighted by atomic mass is 9.96. The fourth-order valence-electron chi connectivity index (χ4n) is 2.61. The van der Waals surface area contributed by atoms with Crippen LogP contribution in [0, 0.1) is 0 Å². The Bertz CT molecular complexity index is 658. The minimum atomic E-state index is -0.791. The number of carbonyl (C=O) groups excluding carboxylic acids is 2. The van der Waals surface area contributed by atoms with Crippen molar-refractivity contribution in [2.45, 2.75) is 38.1 Å². The van der Waals surface area contributed by atoms with Crippen molar-refractivity contribution in [1.29, 1.82) is 0 Å². The Kier molecular flexibility index (Phi) is 4.75. The first-order valence-corrected chi connectivity index (χ1v) is 7.70. The summed E-state index contributed by atoms with van der Waals surface area (Å²) in [6, 6.07) is 7.22. The number of para-hydroxylation sites is 2. The highest BCUT2D eigenvalue weighted by Crippen LogP contribution is 2.20. The molecule has 0 radical (unpaired) electrons. The van der Waals surface area contributed by atoms with Crippen LogP contribution < -0.4 is 10.1 Å². The molecule has 1 saturated carbocycles. The van der Waals surface area contributed by atoms with E-state index < -0.39 is 18.7 Å². The largest absolute Gasteiger partial charge is 0.438 e. The summed E-state index contributed by atoms with van der Waals surface area (Å²) >= 11 is 0. The number of oxazole rings is 1. The molecular formula is C16H18N2O5. The Balaban J connectivity index is 1.44. The zero-order valence-electron chi connectivity index (χ0n) is 12.6. The smallest absolute Gasteiger partial charge is 0.415 e. The van der Waals surface area contributed by atoms with Crippen LogP contribution >= 0.6 is 0 Å². The summed E-state index contributed by atoms with van der Waals surface area (Å²) in [6.07, 6.45) is 4.42. The van der Waals surface area contributed by atoms with Crippen LogP contribution in [0.1, 0.15) is 32.1 Å². The van der Waals surface area contributed by atoms with Gasteiger partial charge in [-0.3, -0.25) is 0 Å². The van der Waals surface area contributed by atoms with Crippen molar-refractivity contribution in [3.8, 4) is 6.08 Å². The molecule has 1 amide bonds. The van der Waals surface area contributed by atoms with Crippen molar-refractivity contribution in [3.05, 3.63) is 24.3 Å². The van der Waals surface area contributed by atoms with E-state index in [1.165, 1.54) is 6.42 Å². The fourth-order valence-corrected chi connectivity index (χ4v) is 2.61. The van der Waals surface area contributed by atoms with Crippen molar-refractivity contribution in [3.63, 3.8) is 0 Å². The van der Waals surface area contributed by atoms with E-state index in [0.29, 0.717) is 11.1 Å². The predicted octanol–water partition coefficient (Wildman–Crippen LogP) is 2.79. The molecule has 0 saturated heterocycles. The Hall–Kier alpha value is -2.57. The van der Waals surface area contributed by atoms with Gasteiger partial charge in [-0.25, -0.2) is 9.59 Å². The number of hydrogen-bond acceptors (Lipinski definition) is 6. The van der Waals surface area contributed by atoms with Crippen LogP contribution in [0.2, 0.25) is 0 Å². The lowest BCUT2D eigenvalue weighted by Gasteiger charge is -2.21. The molecule has 3 rings (SSSR count). The number of hydrogen-bond donors (Lipinski definition) is 1. The van der Waals surface area contributed by atoms with Gasteiger partial charge in [0.25, 0.3) is 0 Å². The first-order valence-electron chi connectivity index (χ1n) is 7.70. The highest BCUT2D eigenvalue weighted by atomic mass is 16.6. The molecule has 0 bridgehead atoms. The van der Waals surface area contributed by atoms with E-state index in [1.807, 2.05) is 6.07 Å². The summed E-state index contributed by atoms with van der Waals surface area (Å²) in [5.41, 5.74) is 1.19. The summed E-state index contributed by atoms with van der Waals surface area (Å²) in [4.78, 5) is 27.3. The molecule has 1 heterocycles. The fraction of sp³-hybridized carbons (Fsp3) is 0.438. The van der Waals surface area contributed by atoms with Crippen molar-refractivity contribution < 1.29 is 23.5 Å². The van der Waals surface area contributed by atoms with E-state index in [-0.39, 0.29) is 12.1 Å². The second-order valence-electron chi connectivity index (χ2n) is 5.48. The third-order valence-corrected chi connectivity index (χ3v) is 3.72. The second kappa shape index (κ2) is 7.13. The van der Waals surface area contributed by atoms with Gasteiger partial charge in [0.15, 0.2) is 12.2 Å². The standard InChI is InChI=1S/C16H18N2O5/c19-14(23-15(20)17-11-6-2-1-3-7-11)10-21-16-18-12-8-4-5-9-13(12)22-16/h4-5,8-9,11H,1-3,6-7,10H2,(H,17,20). The lowest BCUT2D eigenvalue weighted by Crippen LogP contribution is -2.38. The van der Waals surface area contributed by atoms with Gasteiger partial charge in [0.1, 0.15) is 5.52 Å². The number of nitrogens with zero attached hydrogens (tertiary/aromatic N) is 1. The highest BCUT2D eigenvalue weighted by molar-refractivity contribution is 5.85. The van der Waals surface area contributed by atoms with Gasteiger partial charge in [0, 0.05) is 6.04 Å². The minimum absolute atomic E-state index is 0.0316. The number of rotatable bonds is 4. The van der Waals surface area contributed by atoms with E-state index >= 15 is 0 Å². The van der Waals surface area contributed by atoms with Gasteiger partial charge in [-0.1, -0.05) is 31.4 Å². The van der Waals surface area contributed by atoms with Gasteiger partial charge >= 0.3 is 18.1 Å². The second-order valence-corrected chi connectivity index (χ2v) is 5.48. The molecule has 2 aromatic rings. The first-order chi connectivity index (χ1) is 11.2.